The topological polar surface area (TPSA) is 35.2 Å². The monoisotopic (exact) mass is 261 g/mol. The highest BCUT2D eigenvalue weighted by Crippen LogP contribution is 2.21. The number of hydrogen-bond donors (Lipinski definition) is 1. The standard InChI is InChI=1S/C15H19NOS/c1-2-17-13-7-5-12(6-8-13)15(16)10-9-14-4-3-11-18-14/h3-8,11,15H,2,9-10,16H2,1H3. The molecule has 0 aliphatic heterocycles. The molecular weight excluding hydrogens is 242 g/mol. The van der Waals surface area contributed by atoms with Crippen molar-refractivity contribution in [1.29, 1.82) is 0 Å². The summed E-state index contributed by atoms with van der Waals surface area (Å²) in [5.74, 6) is 0.909. The second kappa shape index (κ2) is 6.57. The van der Waals surface area contributed by atoms with Crippen LogP contribution in [0.5, 0.6) is 5.75 Å². The van der Waals surface area contributed by atoms with Crippen molar-refractivity contribution in [2.45, 2.75) is 25.8 Å². The SMILES string of the molecule is CCOc1ccc(C(N)CCc2cccs2)cc1. The molecule has 1 heterocycles. The van der Waals surface area contributed by atoms with Crippen LogP contribution in [0.4, 0.5) is 0 Å². The van der Waals surface area contributed by atoms with Gasteiger partial charge in [-0.3, -0.25) is 0 Å². The first kappa shape index (κ1) is 13.1. The number of hydrogen-bond acceptors (Lipinski definition) is 3. The Labute approximate surface area is 112 Å². The average molecular weight is 261 g/mol. The number of ether oxygens (including phenoxy) is 1. The van der Waals surface area contributed by atoms with Crippen molar-refractivity contribution >= 4 is 11.3 Å². The van der Waals surface area contributed by atoms with Gasteiger partial charge in [-0.25, -0.2) is 0 Å². The van der Waals surface area contributed by atoms with Crippen LogP contribution in [0, 0.1) is 0 Å². The molecule has 0 bridgehead atoms. The number of thiophene rings is 1. The first-order chi connectivity index (χ1) is 8.79. The third-order valence-electron chi connectivity index (χ3n) is 2.90. The highest BCUT2D eigenvalue weighted by Gasteiger charge is 2.06. The van der Waals surface area contributed by atoms with Gasteiger partial charge in [0.2, 0.25) is 0 Å². The van der Waals surface area contributed by atoms with Crippen molar-refractivity contribution in [3.05, 3.63) is 52.2 Å². The Morgan fingerprint density at radius 2 is 2.00 bits per heavy atom. The zero-order valence-corrected chi connectivity index (χ0v) is 11.5. The van der Waals surface area contributed by atoms with Gasteiger partial charge in [0.05, 0.1) is 6.61 Å². The third-order valence-corrected chi connectivity index (χ3v) is 3.84. The summed E-state index contributed by atoms with van der Waals surface area (Å²) in [5, 5.41) is 2.11. The average Bonchev–Trinajstić information content (AvgIpc) is 2.90. The lowest BCUT2D eigenvalue weighted by Gasteiger charge is -2.12. The first-order valence-electron chi connectivity index (χ1n) is 6.30. The van der Waals surface area contributed by atoms with Gasteiger partial charge >= 0.3 is 0 Å². The smallest absolute Gasteiger partial charge is 0.119 e. The van der Waals surface area contributed by atoms with Crippen molar-refractivity contribution < 1.29 is 4.74 Å². The molecule has 3 heteroatoms. The lowest BCUT2D eigenvalue weighted by Crippen LogP contribution is -2.11. The predicted molar refractivity (Wildman–Crippen MR) is 77.2 cm³/mol. The molecule has 1 atom stereocenters. The van der Waals surface area contributed by atoms with Crippen LogP contribution in [0.15, 0.2) is 41.8 Å². The van der Waals surface area contributed by atoms with Gasteiger partial charge in [-0.2, -0.15) is 0 Å². The summed E-state index contributed by atoms with van der Waals surface area (Å²) >= 11 is 1.79. The molecule has 0 saturated heterocycles. The molecule has 1 aromatic heterocycles. The second-order valence-electron chi connectivity index (χ2n) is 4.23. The summed E-state index contributed by atoms with van der Waals surface area (Å²) in [7, 11) is 0. The molecule has 0 radical (unpaired) electrons. The zero-order valence-electron chi connectivity index (χ0n) is 10.6. The highest BCUT2D eigenvalue weighted by atomic mass is 32.1. The van der Waals surface area contributed by atoms with E-state index in [2.05, 4.69) is 29.6 Å². The molecule has 2 aromatic rings. The first-order valence-corrected chi connectivity index (χ1v) is 7.18. The van der Waals surface area contributed by atoms with E-state index < -0.39 is 0 Å². The van der Waals surface area contributed by atoms with E-state index in [-0.39, 0.29) is 6.04 Å². The molecule has 0 amide bonds. The Kier molecular flexibility index (Phi) is 4.79. The lowest BCUT2D eigenvalue weighted by atomic mass is 10.0. The Balaban J connectivity index is 1.89. The van der Waals surface area contributed by atoms with Gasteiger partial charge in [0, 0.05) is 10.9 Å². The van der Waals surface area contributed by atoms with Gasteiger partial charge in [0.25, 0.3) is 0 Å². The van der Waals surface area contributed by atoms with Crippen LogP contribution in [0.1, 0.15) is 29.8 Å². The van der Waals surface area contributed by atoms with Gasteiger partial charge in [-0.15, -0.1) is 11.3 Å². The molecule has 0 aliphatic carbocycles. The van der Waals surface area contributed by atoms with Crippen LogP contribution in [0.3, 0.4) is 0 Å². The fraction of sp³-hybridized carbons (Fsp3) is 0.333. The zero-order chi connectivity index (χ0) is 12.8. The third kappa shape index (κ3) is 3.59. The number of aryl methyl sites for hydroxylation is 1. The number of rotatable bonds is 6. The van der Waals surface area contributed by atoms with E-state index in [4.69, 9.17) is 10.5 Å². The summed E-state index contributed by atoms with van der Waals surface area (Å²) in [6, 6.07) is 12.4. The van der Waals surface area contributed by atoms with Gasteiger partial charge in [-0.1, -0.05) is 18.2 Å². The largest absolute Gasteiger partial charge is 0.494 e. The van der Waals surface area contributed by atoms with Crippen molar-refractivity contribution in [3.63, 3.8) is 0 Å². The Hall–Kier alpha value is -1.32. The van der Waals surface area contributed by atoms with E-state index in [1.54, 1.807) is 11.3 Å². The molecule has 96 valence electrons. The maximum Gasteiger partial charge on any atom is 0.119 e. The minimum atomic E-state index is 0.0998. The summed E-state index contributed by atoms with van der Waals surface area (Å²) in [4.78, 5) is 1.40. The van der Waals surface area contributed by atoms with Crippen molar-refractivity contribution in [2.75, 3.05) is 6.61 Å². The van der Waals surface area contributed by atoms with Gasteiger partial charge in [0.15, 0.2) is 0 Å². The second-order valence-corrected chi connectivity index (χ2v) is 5.26. The van der Waals surface area contributed by atoms with Crippen LogP contribution in [0.2, 0.25) is 0 Å². The van der Waals surface area contributed by atoms with Crippen LogP contribution in [0.25, 0.3) is 0 Å². The van der Waals surface area contributed by atoms with E-state index >= 15 is 0 Å². The maximum absolute atomic E-state index is 6.20. The van der Waals surface area contributed by atoms with E-state index in [1.165, 1.54) is 10.4 Å². The van der Waals surface area contributed by atoms with Gasteiger partial charge in [-0.05, 0) is 48.9 Å². The maximum atomic E-state index is 6.20. The van der Waals surface area contributed by atoms with Crippen LogP contribution < -0.4 is 10.5 Å². The van der Waals surface area contributed by atoms with Gasteiger partial charge in [0.1, 0.15) is 5.75 Å². The molecule has 0 spiro atoms. The lowest BCUT2D eigenvalue weighted by molar-refractivity contribution is 0.340. The Bertz CT molecular complexity index is 450. The molecule has 2 nitrogen and oxygen atoms in total. The molecule has 0 aliphatic rings. The van der Waals surface area contributed by atoms with E-state index in [0.717, 1.165) is 18.6 Å². The summed E-state index contributed by atoms with van der Waals surface area (Å²) in [6.07, 6.45) is 2.03. The number of benzene rings is 1. The van der Waals surface area contributed by atoms with E-state index in [1.807, 2.05) is 19.1 Å². The minimum Gasteiger partial charge on any atom is -0.494 e. The van der Waals surface area contributed by atoms with Crippen LogP contribution in [-0.4, -0.2) is 6.61 Å². The molecule has 2 N–H and O–H groups in total. The molecule has 2 rings (SSSR count). The molecule has 18 heavy (non-hydrogen) atoms. The van der Waals surface area contributed by atoms with Crippen molar-refractivity contribution in [3.8, 4) is 5.75 Å². The fourth-order valence-electron chi connectivity index (χ4n) is 1.90. The van der Waals surface area contributed by atoms with Crippen molar-refractivity contribution in [1.82, 2.24) is 0 Å². The predicted octanol–water partition coefficient (Wildman–Crippen LogP) is 3.78. The minimum absolute atomic E-state index is 0.0998. The highest BCUT2D eigenvalue weighted by molar-refractivity contribution is 7.09. The Morgan fingerprint density at radius 1 is 1.22 bits per heavy atom. The normalized spacial score (nSPS) is 12.3. The molecule has 0 fully saturated rings. The summed E-state index contributed by atoms with van der Waals surface area (Å²) < 4.78 is 5.42. The summed E-state index contributed by atoms with van der Waals surface area (Å²) in [5.41, 5.74) is 7.38. The Morgan fingerprint density at radius 3 is 2.61 bits per heavy atom. The van der Waals surface area contributed by atoms with Gasteiger partial charge < -0.3 is 10.5 Å². The van der Waals surface area contributed by atoms with E-state index in [9.17, 15) is 0 Å². The molecule has 1 aromatic carbocycles. The molecular formula is C15H19NOS. The fourth-order valence-corrected chi connectivity index (χ4v) is 2.62. The molecule has 0 saturated carbocycles. The van der Waals surface area contributed by atoms with Crippen molar-refractivity contribution in [2.24, 2.45) is 5.73 Å². The quantitative estimate of drug-likeness (QED) is 0.859. The summed E-state index contributed by atoms with van der Waals surface area (Å²) in [6.45, 7) is 2.68. The van der Waals surface area contributed by atoms with Crippen LogP contribution in [-0.2, 0) is 6.42 Å². The van der Waals surface area contributed by atoms with E-state index in [0.29, 0.717) is 6.61 Å². The van der Waals surface area contributed by atoms with Crippen LogP contribution >= 0.6 is 11.3 Å². The number of nitrogens with two attached hydrogens (primary N) is 1. The molecule has 1 unspecified atom stereocenters.